The number of thiophene rings is 1. The summed E-state index contributed by atoms with van der Waals surface area (Å²) in [7, 11) is 1.82. The van der Waals surface area contributed by atoms with E-state index >= 15 is 0 Å². The zero-order valence-electron chi connectivity index (χ0n) is 8.99. The number of hydrogen-bond donors (Lipinski definition) is 2. The summed E-state index contributed by atoms with van der Waals surface area (Å²) < 4.78 is 0. The topological polar surface area (TPSA) is 36.4 Å². The average Bonchev–Trinajstić information content (AvgIpc) is 2.91. The average molecular weight is 223 g/mol. The molecule has 15 heavy (non-hydrogen) atoms. The monoisotopic (exact) mass is 223 g/mol. The van der Waals surface area contributed by atoms with Gasteiger partial charge in [-0.05, 0) is 30.7 Å². The summed E-state index contributed by atoms with van der Waals surface area (Å²) in [5.41, 5.74) is 0. The molecule has 0 aromatic carbocycles. The van der Waals surface area contributed by atoms with Crippen LogP contribution in [0, 0.1) is 0 Å². The molecule has 0 spiro atoms. The normalized spacial score (nSPS) is 16.5. The molecule has 1 fully saturated rings. The van der Waals surface area contributed by atoms with Crippen LogP contribution in [0.5, 0.6) is 0 Å². The van der Waals surface area contributed by atoms with Crippen molar-refractivity contribution in [1.29, 1.82) is 0 Å². The van der Waals surface area contributed by atoms with Crippen LogP contribution in [0.4, 0.5) is 0 Å². The molecule has 1 aromatic rings. The SMILES string of the molecule is CN=C(NCCc1cccs1)NC1CC1. The van der Waals surface area contributed by atoms with E-state index in [4.69, 9.17) is 0 Å². The number of nitrogens with one attached hydrogen (secondary N) is 2. The molecule has 4 heteroatoms. The van der Waals surface area contributed by atoms with Gasteiger partial charge in [0.05, 0.1) is 0 Å². The smallest absolute Gasteiger partial charge is 0.191 e. The first-order chi connectivity index (χ1) is 7.38. The molecule has 3 nitrogen and oxygen atoms in total. The first-order valence-electron chi connectivity index (χ1n) is 5.38. The largest absolute Gasteiger partial charge is 0.356 e. The molecular formula is C11H17N3S. The Balaban J connectivity index is 1.67. The van der Waals surface area contributed by atoms with Gasteiger partial charge < -0.3 is 10.6 Å². The van der Waals surface area contributed by atoms with Crippen molar-refractivity contribution in [3.05, 3.63) is 22.4 Å². The molecule has 1 aromatic heterocycles. The van der Waals surface area contributed by atoms with Gasteiger partial charge >= 0.3 is 0 Å². The minimum absolute atomic E-state index is 0.665. The van der Waals surface area contributed by atoms with E-state index in [0.717, 1.165) is 18.9 Å². The highest BCUT2D eigenvalue weighted by Crippen LogP contribution is 2.18. The second-order valence-corrected chi connectivity index (χ2v) is 4.78. The first kappa shape index (κ1) is 10.5. The summed E-state index contributed by atoms with van der Waals surface area (Å²) in [4.78, 5) is 5.61. The van der Waals surface area contributed by atoms with E-state index in [-0.39, 0.29) is 0 Å². The molecule has 1 aliphatic rings. The van der Waals surface area contributed by atoms with Crippen LogP contribution in [-0.4, -0.2) is 25.6 Å². The molecule has 0 amide bonds. The molecule has 0 unspecified atom stereocenters. The lowest BCUT2D eigenvalue weighted by Crippen LogP contribution is -2.39. The molecule has 1 heterocycles. The summed E-state index contributed by atoms with van der Waals surface area (Å²) in [6.07, 6.45) is 3.64. The van der Waals surface area contributed by atoms with Crippen molar-refractivity contribution < 1.29 is 0 Å². The van der Waals surface area contributed by atoms with Crippen molar-refractivity contribution in [2.45, 2.75) is 25.3 Å². The minimum atomic E-state index is 0.665. The highest BCUT2D eigenvalue weighted by atomic mass is 32.1. The Morgan fingerprint density at radius 3 is 3.07 bits per heavy atom. The molecule has 0 saturated heterocycles. The number of rotatable bonds is 4. The van der Waals surface area contributed by atoms with Crippen LogP contribution in [0.3, 0.4) is 0 Å². The lowest BCUT2D eigenvalue weighted by molar-refractivity contribution is 0.796. The summed E-state index contributed by atoms with van der Waals surface area (Å²) in [5.74, 6) is 0.939. The second-order valence-electron chi connectivity index (χ2n) is 3.75. The predicted molar refractivity (Wildman–Crippen MR) is 65.5 cm³/mol. The molecule has 0 bridgehead atoms. The molecule has 1 saturated carbocycles. The van der Waals surface area contributed by atoms with Gasteiger partial charge in [-0.2, -0.15) is 0 Å². The molecule has 82 valence electrons. The Bertz CT molecular complexity index is 315. The van der Waals surface area contributed by atoms with E-state index in [2.05, 4.69) is 33.1 Å². The van der Waals surface area contributed by atoms with Gasteiger partial charge in [-0.1, -0.05) is 6.07 Å². The maximum absolute atomic E-state index is 4.18. The van der Waals surface area contributed by atoms with Gasteiger partial charge in [0.15, 0.2) is 5.96 Å². The van der Waals surface area contributed by atoms with Crippen molar-refractivity contribution in [1.82, 2.24) is 10.6 Å². The van der Waals surface area contributed by atoms with Crippen LogP contribution < -0.4 is 10.6 Å². The van der Waals surface area contributed by atoms with Gasteiger partial charge in [0.2, 0.25) is 0 Å². The van der Waals surface area contributed by atoms with Crippen LogP contribution >= 0.6 is 11.3 Å². The third-order valence-corrected chi connectivity index (χ3v) is 3.32. The van der Waals surface area contributed by atoms with Gasteiger partial charge in [0, 0.05) is 24.5 Å². The Morgan fingerprint density at radius 1 is 1.60 bits per heavy atom. The third kappa shape index (κ3) is 3.55. The van der Waals surface area contributed by atoms with Crippen LogP contribution in [0.25, 0.3) is 0 Å². The highest BCUT2D eigenvalue weighted by Gasteiger charge is 2.21. The van der Waals surface area contributed by atoms with E-state index in [0.29, 0.717) is 6.04 Å². The summed E-state index contributed by atoms with van der Waals surface area (Å²) in [5, 5.41) is 8.81. The molecule has 2 rings (SSSR count). The standard InChI is InChI=1S/C11H17N3S/c1-12-11(14-9-4-5-9)13-7-6-10-3-2-8-15-10/h2-3,8-9H,4-7H2,1H3,(H2,12,13,14). The van der Waals surface area contributed by atoms with E-state index in [1.165, 1.54) is 17.7 Å². The Hall–Kier alpha value is -1.03. The predicted octanol–water partition coefficient (Wildman–Crippen LogP) is 1.62. The minimum Gasteiger partial charge on any atom is -0.356 e. The van der Waals surface area contributed by atoms with E-state index < -0.39 is 0 Å². The van der Waals surface area contributed by atoms with Gasteiger partial charge in [-0.15, -0.1) is 11.3 Å². The van der Waals surface area contributed by atoms with Crippen LogP contribution in [0.1, 0.15) is 17.7 Å². The highest BCUT2D eigenvalue weighted by molar-refractivity contribution is 7.09. The third-order valence-electron chi connectivity index (χ3n) is 2.39. The summed E-state index contributed by atoms with van der Waals surface area (Å²) in [6, 6.07) is 4.93. The lowest BCUT2D eigenvalue weighted by Gasteiger charge is -2.10. The summed E-state index contributed by atoms with van der Waals surface area (Å²) in [6.45, 7) is 0.951. The zero-order valence-corrected chi connectivity index (χ0v) is 9.81. The zero-order chi connectivity index (χ0) is 10.5. The second kappa shape index (κ2) is 5.16. The number of guanidine groups is 1. The van der Waals surface area contributed by atoms with E-state index in [9.17, 15) is 0 Å². The molecule has 0 atom stereocenters. The maximum Gasteiger partial charge on any atom is 0.191 e. The number of hydrogen-bond acceptors (Lipinski definition) is 2. The maximum atomic E-state index is 4.18. The van der Waals surface area contributed by atoms with Crippen molar-refractivity contribution in [2.24, 2.45) is 4.99 Å². The lowest BCUT2D eigenvalue weighted by atomic mass is 10.3. The van der Waals surface area contributed by atoms with E-state index in [1.807, 2.05) is 18.4 Å². The van der Waals surface area contributed by atoms with Crippen LogP contribution in [0.15, 0.2) is 22.5 Å². The fourth-order valence-electron chi connectivity index (χ4n) is 1.37. The van der Waals surface area contributed by atoms with Crippen molar-refractivity contribution in [3.63, 3.8) is 0 Å². The van der Waals surface area contributed by atoms with Crippen molar-refractivity contribution in [2.75, 3.05) is 13.6 Å². The van der Waals surface area contributed by atoms with Gasteiger partial charge in [-0.25, -0.2) is 0 Å². The van der Waals surface area contributed by atoms with Gasteiger partial charge in [0.25, 0.3) is 0 Å². The molecule has 2 N–H and O–H groups in total. The Kier molecular flexibility index (Phi) is 3.61. The number of aliphatic imine (C=N–C) groups is 1. The summed E-state index contributed by atoms with van der Waals surface area (Å²) >= 11 is 1.81. The van der Waals surface area contributed by atoms with Gasteiger partial charge in [0.1, 0.15) is 0 Å². The van der Waals surface area contributed by atoms with Crippen molar-refractivity contribution in [3.8, 4) is 0 Å². The Labute approximate surface area is 94.6 Å². The molecular weight excluding hydrogens is 206 g/mol. The Morgan fingerprint density at radius 2 is 2.47 bits per heavy atom. The first-order valence-corrected chi connectivity index (χ1v) is 6.26. The molecule has 0 radical (unpaired) electrons. The molecule has 1 aliphatic carbocycles. The fraction of sp³-hybridized carbons (Fsp3) is 0.545. The van der Waals surface area contributed by atoms with E-state index in [1.54, 1.807) is 0 Å². The number of nitrogens with zero attached hydrogens (tertiary/aromatic N) is 1. The quantitative estimate of drug-likeness (QED) is 0.601. The van der Waals surface area contributed by atoms with Crippen molar-refractivity contribution >= 4 is 17.3 Å². The molecule has 0 aliphatic heterocycles. The fourth-order valence-corrected chi connectivity index (χ4v) is 2.08. The van der Waals surface area contributed by atoms with Gasteiger partial charge in [-0.3, -0.25) is 4.99 Å². The van der Waals surface area contributed by atoms with Crippen LogP contribution in [-0.2, 0) is 6.42 Å². The van der Waals surface area contributed by atoms with Crippen LogP contribution in [0.2, 0.25) is 0 Å².